The summed E-state index contributed by atoms with van der Waals surface area (Å²) in [6, 6.07) is 12.4. The second-order valence-electron chi connectivity index (χ2n) is 4.21. The Hall–Kier alpha value is -1.68. The Morgan fingerprint density at radius 2 is 1.83 bits per heavy atom. The van der Waals surface area contributed by atoms with Gasteiger partial charge in [-0.25, -0.2) is 4.39 Å². The maximum absolute atomic E-state index is 13.2. The van der Waals surface area contributed by atoms with E-state index in [1.807, 2.05) is 29.2 Å². The van der Waals surface area contributed by atoms with E-state index in [1.165, 1.54) is 12.1 Å². The average Bonchev–Trinajstić information content (AvgIpc) is 2.68. The van der Waals surface area contributed by atoms with Crippen molar-refractivity contribution >= 4 is 27.5 Å². The fraction of sp³-hybridized carbons (Fsp3) is 0.0714. The number of nitrogens with zero attached hydrogens (tertiary/aromatic N) is 1. The zero-order valence-electron chi connectivity index (χ0n) is 9.45. The molecule has 0 saturated carbocycles. The van der Waals surface area contributed by atoms with Crippen LogP contribution in [0, 0.1) is 11.2 Å². The maximum Gasteiger partial charge on any atom is 0.133 e. The van der Waals surface area contributed by atoms with Crippen LogP contribution in [0.1, 0.15) is 11.1 Å². The summed E-state index contributed by atoms with van der Waals surface area (Å²) in [7, 11) is 0. The average molecular weight is 305 g/mol. The molecule has 2 nitrogen and oxygen atoms in total. The second kappa shape index (κ2) is 4.21. The molecule has 0 aromatic heterocycles. The molecule has 1 aliphatic rings. The summed E-state index contributed by atoms with van der Waals surface area (Å²) < 4.78 is 14.2. The lowest BCUT2D eigenvalue weighted by molar-refractivity contribution is 0.627. The minimum Gasteiger partial charge on any atom is -0.322 e. The molecule has 0 radical (unpaired) electrons. The topological polar surface area (TPSA) is 27.1 Å². The summed E-state index contributed by atoms with van der Waals surface area (Å²) in [4.78, 5) is 1.87. The smallest absolute Gasteiger partial charge is 0.133 e. The van der Waals surface area contributed by atoms with Crippen LogP contribution in [-0.2, 0) is 6.54 Å². The molecule has 0 bridgehead atoms. The normalized spacial score (nSPS) is 13.9. The summed E-state index contributed by atoms with van der Waals surface area (Å²) in [5, 5.41) is 8.12. The van der Waals surface area contributed by atoms with Crippen LogP contribution in [0.2, 0.25) is 0 Å². The largest absolute Gasteiger partial charge is 0.322 e. The summed E-state index contributed by atoms with van der Waals surface area (Å²) in [5.41, 5.74) is 2.61. The number of hydrogen-bond acceptors (Lipinski definition) is 1. The fourth-order valence-electron chi connectivity index (χ4n) is 2.14. The first-order chi connectivity index (χ1) is 8.65. The minimum atomic E-state index is -0.295. The van der Waals surface area contributed by atoms with E-state index in [4.69, 9.17) is 5.41 Å². The zero-order chi connectivity index (χ0) is 12.7. The van der Waals surface area contributed by atoms with Crippen LogP contribution in [0.5, 0.6) is 0 Å². The van der Waals surface area contributed by atoms with Crippen molar-refractivity contribution < 1.29 is 4.39 Å². The molecule has 1 aliphatic heterocycles. The molecule has 0 fully saturated rings. The van der Waals surface area contributed by atoms with Gasteiger partial charge in [-0.2, -0.15) is 0 Å². The number of halogens is 2. The molecule has 0 spiro atoms. The van der Waals surface area contributed by atoms with Crippen LogP contribution in [-0.4, -0.2) is 5.84 Å². The summed E-state index contributed by atoms with van der Waals surface area (Å²) in [6.07, 6.45) is 0. The third-order valence-electron chi connectivity index (χ3n) is 3.06. The quantitative estimate of drug-likeness (QED) is 0.849. The first-order valence-corrected chi connectivity index (χ1v) is 6.35. The second-order valence-corrected chi connectivity index (χ2v) is 5.13. The highest BCUT2D eigenvalue weighted by Gasteiger charge is 2.25. The van der Waals surface area contributed by atoms with E-state index < -0.39 is 0 Å². The number of fused-ring (bicyclic) bond motifs is 1. The Balaban J connectivity index is 1.99. The number of anilines is 1. The van der Waals surface area contributed by atoms with Crippen molar-refractivity contribution in [2.45, 2.75) is 6.54 Å². The van der Waals surface area contributed by atoms with Gasteiger partial charge in [0.25, 0.3) is 0 Å². The van der Waals surface area contributed by atoms with Gasteiger partial charge in [0.15, 0.2) is 0 Å². The molecule has 0 amide bonds. The van der Waals surface area contributed by atoms with Crippen molar-refractivity contribution in [3.05, 3.63) is 63.9 Å². The molecule has 4 heteroatoms. The molecule has 2 aromatic rings. The molecule has 1 heterocycles. The summed E-state index contributed by atoms with van der Waals surface area (Å²) >= 11 is 3.39. The Labute approximate surface area is 113 Å². The van der Waals surface area contributed by atoms with Gasteiger partial charge in [0.1, 0.15) is 11.7 Å². The van der Waals surface area contributed by atoms with Gasteiger partial charge in [-0.05, 0) is 42.0 Å². The van der Waals surface area contributed by atoms with Crippen molar-refractivity contribution in [2.24, 2.45) is 0 Å². The SMILES string of the molecule is N=C1c2cc(F)ccc2CN1c1ccc(Br)cc1. The van der Waals surface area contributed by atoms with Crippen molar-refractivity contribution in [2.75, 3.05) is 4.90 Å². The third kappa shape index (κ3) is 1.82. The predicted octanol–water partition coefficient (Wildman–Crippen LogP) is 3.93. The summed E-state index contributed by atoms with van der Waals surface area (Å²) in [6.45, 7) is 0.621. The maximum atomic E-state index is 13.2. The number of hydrogen-bond donors (Lipinski definition) is 1. The van der Waals surface area contributed by atoms with Gasteiger partial charge in [-0.1, -0.05) is 22.0 Å². The molecule has 0 saturated heterocycles. The monoisotopic (exact) mass is 304 g/mol. The van der Waals surface area contributed by atoms with Gasteiger partial charge in [0.05, 0.1) is 6.54 Å². The first kappa shape index (κ1) is 11.4. The predicted molar refractivity (Wildman–Crippen MR) is 73.6 cm³/mol. The Bertz CT molecular complexity index is 622. The van der Waals surface area contributed by atoms with Gasteiger partial charge in [0, 0.05) is 15.7 Å². The standard InChI is InChI=1S/C14H10BrFN2/c15-10-2-5-12(6-3-10)18-8-9-1-4-11(16)7-13(9)14(18)17/h1-7,17H,8H2. The molecule has 2 aromatic carbocycles. The lowest BCUT2D eigenvalue weighted by Gasteiger charge is -2.17. The van der Waals surface area contributed by atoms with E-state index in [9.17, 15) is 4.39 Å². The highest BCUT2D eigenvalue weighted by atomic mass is 79.9. The van der Waals surface area contributed by atoms with Gasteiger partial charge < -0.3 is 4.90 Å². The van der Waals surface area contributed by atoms with E-state index in [-0.39, 0.29) is 5.82 Å². The van der Waals surface area contributed by atoms with E-state index in [1.54, 1.807) is 6.07 Å². The van der Waals surface area contributed by atoms with Gasteiger partial charge in [0.2, 0.25) is 0 Å². The van der Waals surface area contributed by atoms with Crippen molar-refractivity contribution in [1.82, 2.24) is 0 Å². The minimum absolute atomic E-state index is 0.295. The number of amidine groups is 1. The number of nitrogens with one attached hydrogen (secondary N) is 1. The van der Waals surface area contributed by atoms with Crippen molar-refractivity contribution in [3.63, 3.8) is 0 Å². The number of benzene rings is 2. The Kier molecular flexibility index (Phi) is 2.67. The van der Waals surface area contributed by atoms with E-state index in [2.05, 4.69) is 15.9 Å². The molecular weight excluding hydrogens is 295 g/mol. The molecule has 18 heavy (non-hydrogen) atoms. The van der Waals surface area contributed by atoms with Crippen molar-refractivity contribution in [3.8, 4) is 0 Å². The van der Waals surface area contributed by atoms with Crippen LogP contribution < -0.4 is 4.90 Å². The van der Waals surface area contributed by atoms with Crippen LogP contribution >= 0.6 is 15.9 Å². The van der Waals surface area contributed by atoms with Crippen LogP contribution in [0.15, 0.2) is 46.9 Å². The van der Waals surface area contributed by atoms with Gasteiger partial charge >= 0.3 is 0 Å². The van der Waals surface area contributed by atoms with Crippen LogP contribution in [0.3, 0.4) is 0 Å². The summed E-state index contributed by atoms with van der Waals surface area (Å²) in [5.74, 6) is 0.0583. The molecule has 0 aliphatic carbocycles. The highest BCUT2D eigenvalue weighted by Crippen LogP contribution is 2.29. The molecule has 0 unspecified atom stereocenters. The molecule has 0 atom stereocenters. The first-order valence-electron chi connectivity index (χ1n) is 5.55. The Morgan fingerprint density at radius 1 is 1.11 bits per heavy atom. The van der Waals surface area contributed by atoms with Gasteiger partial charge in [-0.3, -0.25) is 5.41 Å². The lowest BCUT2D eigenvalue weighted by Crippen LogP contribution is -2.22. The lowest BCUT2D eigenvalue weighted by atomic mass is 10.1. The van der Waals surface area contributed by atoms with Gasteiger partial charge in [-0.15, -0.1) is 0 Å². The molecule has 1 N–H and O–H groups in total. The molecular formula is C14H10BrFN2. The third-order valence-corrected chi connectivity index (χ3v) is 3.59. The zero-order valence-corrected chi connectivity index (χ0v) is 11.0. The van der Waals surface area contributed by atoms with Crippen LogP contribution in [0.25, 0.3) is 0 Å². The van der Waals surface area contributed by atoms with Crippen LogP contribution in [0.4, 0.5) is 10.1 Å². The highest BCUT2D eigenvalue weighted by molar-refractivity contribution is 9.10. The van der Waals surface area contributed by atoms with E-state index >= 15 is 0 Å². The van der Waals surface area contributed by atoms with E-state index in [0.29, 0.717) is 17.9 Å². The molecule has 3 rings (SSSR count). The number of rotatable bonds is 1. The van der Waals surface area contributed by atoms with Crippen molar-refractivity contribution in [1.29, 1.82) is 5.41 Å². The Morgan fingerprint density at radius 3 is 2.56 bits per heavy atom. The van der Waals surface area contributed by atoms with E-state index in [0.717, 1.165) is 15.7 Å². The fourth-order valence-corrected chi connectivity index (χ4v) is 2.41. The molecule has 90 valence electrons.